The molecule has 1 aliphatic heterocycles. The highest BCUT2D eigenvalue weighted by Gasteiger charge is 2.30. The first kappa shape index (κ1) is 13.6. The number of hydrogen-bond donors (Lipinski definition) is 1. The Hall–Kier alpha value is -1.82. The quantitative estimate of drug-likeness (QED) is 0.839. The Morgan fingerprint density at radius 2 is 2.26 bits per heavy atom. The van der Waals surface area contributed by atoms with Crippen molar-refractivity contribution in [3.05, 3.63) is 23.8 Å². The van der Waals surface area contributed by atoms with E-state index in [0.29, 0.717) is 5.56 Å². The summed E-state index contributed by atoms with van der Waals surface area (Å²) in [5.74, 6) is -0.484. The fourth-order valence-corrected chi connectivity index (χ4v) is 3.07. The molecule has 19 heavy (non-hydrogen) atoms. The standard InChI is InChI=1S/C13H14N2O3S/c1-8-13(18)15(5-4-12(14)17)10-3-2-9(7-16)6-11(10)19-8/h2-3,6-8H,4-5H2,1H3,(H2,14,17). The maximum Gasteiger partial charge on any atom is 0.240 e. The van der Waals surface area contributed by atoms with Gasteiger partial charge in [0, 0.05) is 23.4 Å². The lowest BCUT2D eigenvalue weighted by Crippen LogP contribution is -2.41. The van der Waals surface area contributed by atoms with Crippen molar-refractivity contribution in [2.75, 3.05) is 11.4 Å². The smallest absolute Gasteiger partial charge is 0.240 e. The molecule has 1 unspecified atom stereocenters. The first-order chi connectivity index (χ1) is 9.02. The molecule has 0 saturated heterocycles. The van der Waals surface area contributed by atoms with Crippen LogP contribution < -0.4 is 10.6 Å². The van der Waals surface area contributed by atoms with Crippen LogP contribution in [-0.2, 0) is 9.59 Å². The summed E-state index contributed by atoms with van der Waals surface area (Å²) in [4.78, 5) is 36.2. The molecule has 2 rings (SSSR count). The van der Waals surface area contributed by atoms with Crippen molar-refractivity contribution in [3.8, 4) is 0 Å². The molecule has 1 aromatic carbocycles. The van der Waals surface area contributed by atoms with Gasteiger partial charge in [0.1, 0.15) is 6.29 Å². The second-order valence-corrected chi connectivity index (χ2v) is 5.69. The normalized spacial score (nSPS) is 18.1. The molecule has 0 aliphatic carbocycles. The fraction of sp³-hybridized carbons (Fsp3) is 0.308. The summed E-state index contributed by atoms with van der Waals surface area (Å²) in [6.45, 7) is 2.08. The number of primary amides is 1. The zero-order valence-electron chi connectivity index (χ0n) is 10.5. The van der Waals surface area contributed by atoms with E-state index in [1.807, 2.05) is 0 Å². The van der Waals surface area contributed by atoms with Crippen molar-refractivity contribution in [2.45, 2.75) is 23.5 Å². The summed E-state index contributed by atoms with van der Waals surface area (Å²) in [6, 6.07) is 5.15. The largest absolute Gasteiger partial charge is 0.370 e. The first-order valence-corrected chi connectivity index (χ1v) is 6.76. The number of nitrogens with zero attached hydrogens (tertiary/aromatic N) is 1. The molecule has 1 heterocycles. The van der Waals surface area contributed by atoms with Gasteiger partial charge in [-0.05, 0) is 25.1 Å². The van der Waals surface area contributed by atoms with Crippen molar-refractivity contribution in [1.29, 1.82) is 0 Å². The van der Waals surface area contributed by atoms with Gasteiger partial charge in [0.15, 0.2) is 0 Å². The molecule has 1 aliphatic rings. The van der Waals surface area contributed by atoms with Crippen LogP contribution in [0, 0.1) is 0 Å². The number of hydrogen-bond acceptors (Lipinski definition) is 4. The van der Waals surface area contributed by atoms with Gasteiger partial charge in [-0.2, -0.15) is 0 Å². The van der Waals surface area contributed by atoms with E-state index in [1.54, 1.807) is 30.0 Å². The van der Waals surface area contributed by atoms with E-state index in [1.165, 1.54) is 11.8 Å². The van der Waals surface area contributed by atoms with E-state index in [-0.39, 0.29) is 24.1 Å². The Balaban J connectivity index is 2.35. The van der Waals surface area contributed by atoms with Crippen LogP contribution in [0.5, 0.6) is 0 Å². The number of rotatable bonds is 4. The van der Waals surface area contributed by atoms with Gasteiger partial charge < -0.3 is 10.6 Å². The van der Waals surface area contributed by atoms with Crippen LogP contribution in [-0.4, -0.2) is 29.9 Å². The summed E-state index contributed by atoms with van der Waals surface area (Å²) in [7, 11) is 0. The zero-order valence-corrected chi connectivity index (χ0v) is 11.3. The summed E-state index contributed by atoms with van der Waals surface area (Å²) in [5, 5.41) is -0.234. The van der Waals surface area contributed by atoms with Crippen molar-refractivity contribution >= 4 is 35.5 Å². The molecule has 6 heteroatoms. The van der Waals surface area contributed by atoms with Crippen LogP contribution in [0.3, 0.4) is 0 Å². The molecule has 2 N–H and O–H groups in total. The number of aldehydes is 1. The van der Waals surface area contributed by atoms with E-state index in [9.17, 15) is 14.4 Å². The molecule has 0 saturated carbocycles. The van der Waals surface area contributed by atoms with Crippen LogP contribution >= 0.6 is 11.8 Å². The summed E-state index contributed by atoms with van der Waals surface area (Å²) < 4.78 is 0. The van der Waals surface area contributed by atoms with Crippen molar-refractivity contribution in [1.82, 2.24) is 0 Å². The Kier molecular flexibility index (Phi) is 3.90. The molecule has 2 amide bonds. The minimum absolute atomic E-state index is 0.0439. The summed E-state index contributed by atoms with van der Waals surface area (Å²) in [5.41, 5.74) is 6.43. The maximum atomic E-state index is 12.1. The Morgan fingerprint density at radius 1 is 1.53 bits per heavy atom. The topological polar surface area (TPSA) is 80.5 Å². The van der Waals surface area contributed by atoms with Crippen molar-refractivity contribution < 1.29 is 14.4 Å². The number of amides is 2. The van der Waals surface area contributed by atoms with E-state index in [2.05, 4.69) is 0 Å². The third-order valence-electron chi connectivity index (χ3n) is 2.91. The number of fused-ring (bicyclic) bond motifs is 1. The number of thioether (sulfide) groups is 1. The number of nitrogens with two attached hydrogens (primary N) is 1. The molecule has 0 fully saturated rings. The van der Waals surface area contributed by atoms with Gasteiger partial charge in [0.2, 0.25) is 11.8 Å². The molecule has 1 atom stereocenters. The summed E-state index contributed by atoms with van der Waals surface area (Å²) in [6.07, 6.45) is 0.897. The van der Waals surface area contributed by atoms with E-state index < -0.39 is 5.91 Å². The van der Waals surface area contributed by atoms with Gasteiger partial charge in [-0.25, -0.2) is 0 Å². The van der Waals surface area contributed by atoms with Crippen LogP contribution in [0.4, 0.5) is 5.69 Å². The second-order valence-electron chi connectivity index (χ2n) is 4.31. The molecule has 0 radical (unpaired) electrons. The van der Waals surface area contributed by atoms with Gasteiger partial charge in [0.25, 0.3) is 0 Å². The highest BCUT2D eigenvalue weighted by Crippen LogP contribution is 2.39. The number of carbonyl (C=O) groups is 3. The van der Waals surface area contributed by atoms with E-state index >= 15 is 0 Å². The minimum atomic E-state index is -0.440. The van der Waals surface area contributed by atoms with Gasteiger partial charge in [-0.1, -0.05) is 0 Å². The SMILES string of the molecule is CC1Sc2cc(C=O)ccc2N(CCC(N)=O)C1=O. The van der Waals surface area contributed by atoms with Gasteiger partial charge in [-0.15, -0.1) is 11.8 Å². The van der Waals surface area contributed by atoms with Gasteiger partial charge in [-0.3, -0.25) is 14.4 Å². The maximum absolute atomic E-state index is 12.1. The average molecular weight is 278 g/mol. The molecular weight excluding hydrogens is 264 g/mol. The zero-order chi connectivity index (χ0) is 14.0. The Morgan fingerprint density at radius 3 is 2.89 bits per heavy atom. The predicted octanol–water partition coefficient (Wildman–Crippen LogP) is 1.20. The monoisotopic (exact) mass is 278 g/mol. The summed E-state index contributed by atoms with van der Waals surface area (Å²) >= 11 is 1.42. The molecule has 5 nitrogen and oxygen atoms in total. The van der Waals surface area contributed by atoms with Crippen molar-refractivity contribution in [3.63, 3.8) is 0 Å². The number of benzene rings is 1. The molecule has 0 aromatic heterocycles. The highest BCUT2D eigenvalue weighted by atomic mass is 32.2. The lowest BCUT2D eigenvalue weighted by Gasteiger charge is -2.32. The lowest BCUT2D eigenvalue weighted by atomic mass is 10.2. The molecular formula is C13H14N2O3S. The molecule has 1 aromatic rings. The van der Waals surface area contributed by atoms with Gasteiger partial charge in [0.05, 0.1) is 10.9 Å². The van der Waals surface area contributed by atoms with Crippen LogP contribution in [0.1, 0.15) is 23.7 Å². The van der Waals surface area contributed by atoms with E-state index in [0.717, 1.165) is 16.9 Å². The van der Waals surface area contributed by atoms with E-state index in [4.69, 9.17) is 5.73 Å². The van der Waals surface area contributed by atoms with Gasteiger partial charge >= 0.3 is 0 Å². The molecule has 0 bridgehead atoms. The third kappa shape index (κ3) is 2.78. The number of anilines is 1. The predicted molar refractivity (Wildman–Crippen MR) is 73.3 cm³/mol. The molecule has 100 valence electrons. The second kappa shape index (κ2) is 5.44. The lowest BCUT2D eigenvalue weighted by molar-refractivity contribution is -0.118. The first-order valence-electron chi connectivity index (χ1n) is 5.88. The Bertz CT molecular complexity index is 545. The van der Waals surface area contributed by atoms with Crippen LogP contribution in [0.25, 0.3) is 0 Å². The highest BCUT2D eigenvalue weighted by molar-refractivity contribution is 8.01. The third-order valence-corrected chi connectivity index (χ3v) is 4.05. The average Bonchev–Trinajstić information content (AvgIpc) is 2.38. The van der Waals surface area contributed by atoms with Crippen molar-refractivity contribution in [2.24, 2.45) is 5.73 Å². The van der Waals surface area contributed by atoms with Crippen LogP contribution in [0.2, 0.25) is 0 Å². The minimum Gasteiger partial charge on any atom is -0.370 e. The van der Waals surface area contributed by atoms with Crippen LogP contribution in [0.15, 0.2) is 23.1 Å². The fourth-order valence-electron chi connectivity index (χ4n) is 1.95. The molecule has 0 spiro atoms. The Labute approximate surface area is 115 Å². The number of carbonyl (C=O) groups excluding carboxylic acids is 3.